The molecule has 2 N–H and O–H groups in total. The molecular weight excluding hydrogens is 398 g/mol. The van der Waals surface area contributed by atoms with Gasteiger partial charge in [-0.2, -0.15) is 5.10 Å². The van der Waals surface area contributed by atoms with Crippen LogP contribution in [0.5, 0.6) is 0 Å². The van der Waals surface area contributed by atoms with Gasteiger partial charge in [-0.1, -0.05) is 42.1 Å². The number of fused-ring (bicyclic) bond motifs is 1. The Morgan fingerprint density at radius 1 is 1.27 bits per heavy atom. The summed E-state index contributed by atoms with van der Waals surface area (Å²) in [5.74, 6) is 0.740. The van der Waals surface area contributed by atoms with Crippen molar-refractivity contribution in [3.05, 3.63) is 58.0 Å². The fourth-order valence-corrected chi connectivity index (χ4v) is 5.56. The minimum absolute atomic E-state index is 0.0803. The number of thioether (sulfide) groups is 1. The number of aromatic nitrogens is 4. The minimum Gasteiger partial charge on any atom is -0.375 e. The molecule has 8 heteroatoms. The summed E-state index contributed by atoms with van der Waals surface area (Å²) < 4.78 is 7.85. The summed E-state index contributed by atoms with van der Waals surface area (Å²) in [4.78, 5) is 17.9. The third kappa shape index (κ3) is 3.33. The van der Waals surface area contributed by atoms with E-state index in [-0.39, 0.29) is 22.5 Å². The Hall–Kier alpha value is -2.58. The molecule has 0 saturated carbocycles. The van der Waals surface area contributed by atoms with E-state index in [2.05, 4.69) is 29.1 Å². The lowest BCUT2D eigenvalue weighted by molar-refractivity contribution is -0.0705. The SMILES string of the molecule is CC1=Nc2c(c(=O)[nH]n2[C@@H]2CCOC(C)(C)C2)[C@H](c2cn[nH]c2-c2ccccc2)S1. The molecule has 2 aromatic heterocycles. The summed E-state index contributed by atoms with van der Waals surface area (Å²) >= 11 is 1.60. The molecule has 2 atom stereocenters. The number of benzene rings is 1. The highest BCUT2D eigenvalue weighted by Crippen LogP contribution is 2.47. The number of aromatic amines is 2. The number of nitrogens with one attached hydrogen (secondary N) is 2. The van der Waals surface area contributed by atoms with Gasteiger partial charge in [0.05, 0.1) is 39.4 Å². The molecule has 1 fully saturated rings. The van der Waals surface area contributed by atoms with Crippen molar-refractivity contribution in [3.8, 4) is 11.3 Å². The van der Waals surface area contributed by atoms with Crippen LogP contribution >= 0.6 is 11.8 Å². The molecule has 0 radical (unpaired) electrons. The zero-order valence-electron chi connectivity index (χ0n) is 17.3. The van der Waals surface area contributed by atoms with E-state index >= 15 is 0 Å². The number of H-pyrrole nitrogens is 2. The van der Waals surface area contributed by atoms with Gasteiger partial charge in [0.1, 0.15) is 0 Å². The van der Waals surface area contributed by atoms with Crippen LogP contribution in [0.25, 0.3) is 11.3 Å². The largest absolute Gasteiger partial charge is 0.375 e. The molecule has 5 rings (SSSR count). The number of aliphatic imine (C=N–C) groups is 1. The summed E-state index contributed by atoms with van der Waals surface area (Å²) in [5.41, 5.74) is 3.39. The lowest BCUT2D eigenvalue weighted by Crippen LogP contribution is -2.35. The molecule has 0 spiro atoms. The van der Waals surface area contributed by atoms with Crippen molar-refractivity contribution in [2.24, 2.45) is 4.99 Å². The van der Waals surface area contributed by atoms with E-state index in [1.807, 2.05) is 48.1 Å². The molecule has 0 unspecified atom stereocenters. The summed E-state index contributed by atoms with van der Waals surface area (Å²) in [7, 11) is 0. The van der Waals surface area contributed by atoms with Gasteiger partial charge in [0.2, 0.25) is 0 Å². The summed E-state index contributed by atoms with van der Waals surface area (Å²) in [5, 5.41) is 11.3. The summed E-state index contributed by atoms with van der Waals surface area (Å²) in [6.45, 7) is 6.86. The molecule has 156 valence electrons. The molecule has 0 aliphatic carbocycles. The van der Waals surface area contributed by atoms with Gasteiger partial charge in [0, 0.05) is 12.2 Å². The van der Waals surface area contributed by atoms with Crippen LogP contribution < -0.4 is 5.56 Å². The number of hydrogen-bond donors (Lipinski definition) is 2. The van der Waals surface area contributed by atoms with Crippen molar-refractivity contribution < 1.29 is 4.74 Å². The summed E-state index contributed by atoms with van der Waals surface area (Å²) in [6.07, 6.45) is 3.52. The Morgan fingerprint density at radius 3 is 2.83 bits per heavy atom. The van der Waals surface area contributed by atoms with Gasteiger partial charge in [-0.05, 0) is 39.2 Å². The van der Waals surface area contributed by atoms with Crippen molar-refractivity contribution in [2.45, 2.75) is 50.5 Å². The molecule has 1 saturated heterocycles. The molecule has 1 aromatic carbocycles. The number of rotatable bonds is 3. The second-order valence-corrected chi connectivity index (χ2v) is 9.80. The first kappa shape index (κ1) is 19.4. The van der Waals surface area contributed by atoms with Crippen molar-refractivity contribution in [1.82, 2.24) is 20.0 Å². The third-order valence-corrected chi connectivity index (χ3v) is 6.96. The van der Waals surface area contributed by atoms with Gasteiger partial charge < -0.3 is 4.74 Å². The van der Waals surface area contributed by atoms with E-state index in [1.54, 1.807) is 11.8 Å². The molecular formula is C22H25N5O2S. The van der Waals surface area contributed by atoms with Gasteiger partial charge in [0.15, 0.2) is 5.82 Å². The van der Waals surface area contributed by atoms with E-state index in [4.69, 9.17) is 9.73 Å². The van der Waals surface area contributed by atoms with Crippen molar-refractivity contribution >= 4 is 22.6 Å². The Labute approximate surface area is 178 Å². The van der Waals surface area contributed by atoms with Gasteiger partial charge >= 0.3 is 0 Å². The van der Waals surface area contributed by atoms with E-state index in [1.165, 1.54) is 0 Å². The number of nitrogens with zero attached hydrogens (tertiary/aromatic N) is 3. The highest BCUT2D eigenvalue weighted by atomic mass is 32.2. The number of hydrogen-bond acceptors (Lipinski definition) is 5. The van der Waals surface area contributed by atoms with E-state index < -0.39 is 0 Å². The van der Waals surface area contributed by atoms with Crippen molar-refractivity contribution in [1.29, 1.82) is 0 Å². The quantitative estimate of drug-likeness (QED) is 0.645. The maximum atomic E-state index is 13.1. The maximum Gasteiger partial charge on any atom is 0.271 e. The molecule has 7 nitrogen and oxygen atoms in total. The van der Waals surface area contributed by atoms with E-state index in [9.17, 15) is 4.79 Å². The van der Waals surface area contributed by atoms with Crippen LogP contribution in [0.1, 0.15) is 56.0 Å². The highest BCUT2D eigenvalue weighted by molar-refractivity contribution is 8.14. The van der Waals surface area contributed by atoms with Crippen molar-refractivity contribution in [2.75, 3.05) is 6.61 Å². The van der Waals surface area contributed by atoms with Gasteiger partial charge in [-0.25, -0.2) is 4.99 Å². The van der Waals surface area contributed by atoms with Crippen LogP contribution in [0.2, 0.25) is 0 Å². The summed E-state index contributed by atoms with van der Waals surface area (Å²) in [6, 6.07) is 10.2. The second kappa shape index (κ2) is 7.28. The monoisotopic (exact) mass is 423 g/mol. The molecule has 30 heavy (non-hydrogen) atoms. The lowest BCUT2D eigenvalue weighted by atomic mass is 9.94. The first-order valence-electron chi connectivity index (χ1n) is 10.2. The fourth-order valence-electron chi connectivity index (χ4n) is 4.44. The van der Waals surface area contributed by atoms with Crippen LogP contribution in [0.15, 0.2) is 46.3 Å². The second-order valence-electron chi connectivity index (χ2n) is 8.50. The predicted octanol–water partition coefficient (Wildman–Crippen LogP) is 4.58. The normalized spacial score (nSPS) is 23.1. The number of ether oxygens (including phenoxy) is 1. The van der Waals surface area contributed by atoms with Crippen LogP contribution in [-0.4, -0.2) is 37.2 Å². The van der Waals surface area contributed by atoms with Gasteiger partial charge in [0.25, 0.3) is 5.56 Å². The third-order valence-electron chi connectivity index (χ3n) is 5.80. The topological polar surface area (TPSA) is 88.1 Å². The molecule has 4 heterocycles. The van der Waals surface area contributed by atoms with E-state index in [0.717, 1.165) is 40.5 Å². The average molecular weight is 424 g/mol. The minimum atomic E-state index is -0.219. The first-order chi connectivity index (χ1) is 14.4. The Balaban J connectivity index is 1.61. The van der Waals surface area contributed by atoms with E-state index in [0.29, 0.717) is 12.2 Å². The lowest BCUT2D eigenvalue weighted by Gasteiger charge is -2.36. The standard InChI is InChI=1S/C22H25N5O2S/c1-13-24-20-17(21(28)26-27(20)15-9-10-29-22(2,3)11-15)19(30-13)16-12-23-25-18(16)14-7-5-4-6-8-14/h4-8,12,15,19H,9-11H2,1-3H3,(H,23,25)(H,26,28)/t15-,19+/m1/s1. The fraction of sp³-hybridized carbons (Fsp3) is 0.409. The van der Waals surface area contributed by atoms with Crippen LogP contribution in [0.4, 0.5) is 5.82 Å². The molecule has 3 aromatic rings. The van der Waals surface area contributed by atoms with Crippen LogP contribution in [-0.2, 0) is 4.74 Å². The highest BCUT2D eigenvalue weighted by Gasteiger charge is 2.36. The smallest absolute Gasteiger partial charge is 0.271 e. The predicted molar refractivity (Wildman–Crippen MR) is 120 cm³/mol. The average Bonchev–Trinajstić information content (AvgIpc) is 3.32. The molecule has 0 amide bonds. The van der Waals surface area contributed by atoms with Gasteiger partial charge in [-0.3, -0.25) is 19.7 Å². The molecule has 2 aliphatic rings. The zero-order valence-corrected chi connectivity index (χ0v) is 18.1. The van der Waals surface area contributed by atoms with Gasteiger partial charge in [-0.15, -0.1) is 0 Å². The zero-order chi connectivity index (χ0) is 20.9. The Morgan fingerprint density at radius 2 is 2.07 bits per heavy atom. The van der Waals surface area contributed by atoms with Crippen molar-refractivity contribution in [3.63, 3.8) is 0 Å². The first-order valence-corrected chi connectivity index (χ1v) is 11.1. The molecule has 2 aliphatic heterocycles. The Kier molecular flexibility index (Phi) is 4.71. The maximum absolute atomic E-state index is 13.1. The van der Waals surface area contributed by atoms with Crippen LogP contribution in [0.3, 0.4) is 0 Å². The molecule has 0 bridgehead atoms. The van der Waals surface area contributed by atoms with Crippen LogP contribution in [0, 0.1) is 0 Å². The Bertz CT molecular complexity index is 1160.